The van der Waals surface area contributed by atoms with Gasteiger partial charge in [-0.3, -0.25) is 4.79 Å². The van der Waals surface area contributed by atoms with Crippen molar-refractivity contribution in [2.24, 2.45) is 0 Å². The molecule has 0 radical (unpaired) electrons. The first-order chi connectivity index (χ1) is 13.6. The average molecular weight is 386 g/mol. The standard InChI is InChI=1S/C23H28F2N2O/c24-20-8-4-18(5-9-20)22(19-6-10-21(25)11-7-19)12-14-26-23(28)13-17-27-15-2-1-3-16-27/h4-11,22H,1-3,12-17H2,(H,26,28). The van der Waals surface area contributed by atoms with Gasteiger partial charge in [-0.05, 0) is 67.7 Å². The molecule has 0 bridgehead atoms. The summed E-state index contributed by atoms with van der Waals surface area (Å²) in [4.78, 5) is 14.5. The largest absolute Gasteiger partial charge is 0.356 e. The third-order valence-electron chi connectivity index (χ3n) is 5.40. The Morgan fingerprint density at radius 1 is 0.893 bits per heavy atom. The van der Waals surface area contributed by atoms with Crippen LogP contribution in [0.5, 0.6) is 0 Å². The molecule has 1 fully saturated rings. The van der Waals surface area contributed by atoms with E-state index >= 15 is 0 Å². The summed E-state index contributed by atoms with van der Waals surface area (Å²) in [6.45, 7) is 3.51. The highest BCUT2D eigenvalue weighted by Gasteiger charge is 2.16. The van der Waals surface area contributed by atoms with Gasteiger partial charge in [-0.1, -0.05) is 30.7 Å². The summed E-state index contributed by atoms with van der Waals surface area (Å²) in [5.41, 5.74) is 1.91. The van der Waals surface area contributed by atoms with Crippen molar-refractivity contribution >= 4 is 5.91 Å². The maximum Gasteiger partial charge on any atom is 0.221 e. The van der Waals surface area contributed by atoms with Crippen molar-refractivity contribution in [3.05, 3.63) is 71.3 Å². The fourth-order valence-corrected chi connectivity index (χ4v) is 3.80. The molecule has 1 amide bonds. The van der Waals surface area contributed by atoms with Gasteiger partial charge in [0.25, 0.3) is 0 Å². The number of carbonyl (C=O) groups is 1. The van der Waals surface area contributed by atoms with E-state index in [2.05, 4.69) is 10.2 Å². The molecule has 28 heavy (non-hydrogen) atoms. The highest BCUT2D eigenvalue weighted by molar-refractivity contribution is 5.76. The maximum absolute atomic E-state index is 13.3. The van der Waals surface area contributed by atoms with Gasteiger partial charge in [0.1, 0.15) is 11.6 Å². The molecule has 1 aliphatic heterocycles. The van der Waals surface area contributed by atoms with E-state index in [0.29, 0.717) is 19.4 Å². The van der Waals surface area contributed by atoms with E-state index in [1.807, 2.05) is 0 Å². The van der Waals surface area contributed by atoms with Gasteiger partial charge in [0, 0.05) is 25.4 Å². The quantitative estimate of drug-likeness (QED) is 0.726. The van der Waals surface area contributed by atoms with Gasteiger partial charge in [-0.25, -0.2) is 8.78 Å². The first-order valence-corrected chi connectivity index (χ1v) is 10.1. The molecule has 0 aliphatic carbocycles. The minimum atomic E-state index is -0.285. The van der Waals surface area contributed by atoms with E-state index in [1.54, 1.807) is 24.3 Å². The molecule has 0 atom stereocenters. The molecule has 5 heteroatoms. The van der Waals surface area contributed by atoms with Gasteiger partial charge < -0.3 is 10.2 Å². The number of piperidine rings is 1. The Morgan fingerprint density at radius 3 is 1.96 bits per heavy atom. The number of nitrogens with zero attached hydrogens (tertiary/aromatic N) is 1. The lowest BCUT2D eigenvalue weighted by atomic mass is 9.88. The Hall–Kier alpha value is -2.27. The van der Waals surface area contributed by atoms with Crippen LogP contribution in [0.25, 0.3) is 0 Å². The fraction of sp³-hybridized carbons (Fsp3) is 0.435. The number of nitrogens with one attached hydrogen (secondary N) is 1. The molecule has 1 N–H and O–H groups in total. The lowest BCUT2D eigenvalue weighted by Crippen LogP contribution is -2.34. The minimum Gasteiger partial charge on any atom is -0.356 e. The third-order valence-corrected chi connectivity index (χ3v) is 5.40. The summed E-state index contributed by atoms with van der Waals surface area (Å²) in [6.07, 6.45) is 4.92. The normalized spacial score (nSPS) is 15.0. The van der Waals surface area contributed by atoms with Gasteiger partial charge >= 0.3 is 0 Å². The Bertz CT molecular complexity index is 695. The molecule has 3 nitrogen and oxygen atoms in total. The van der Waals surface area contributed by atoms with Crippen LogP contribution in [0.15, 0.2) is 48.5 Å². The molecule has 0 saturated carbocycles. The summed E-state index contributed by atoms with van der Waals surface area (Å²) in [5.74, 6) is -0.536. The van der Waals surface area contributed by atoms with Gasteiger partial charge in [0.2, 0.25) is 5.91 Å². The number of benzene rings is 2. The second-order valence-corrected chi connectivity index (χ2v) is 7.45. The summed E-state index contributed by atoms with van der Waals surface area (Å²) < 4.78 is 26.6. The molecule has 1 heterocycles. The van der Waals surface area contributed by atoms with Crippen molar-refractivity contribution in [3.63, 3.8) is 0 Å². The Balaban J connectivity index is 1.54. The maximum atomic E-state index is 13.3. The summed E-state index contributed by atoms with van der Waals surface area (Å²) in [7, 11) is 0. The van der Waals surface area contributed by atoms with Crippen LogP contribution in [0.4, 0.5) is 8.78 Å². The second-order valence-electron chi connectivity index (χ2n) is 7.45. The lowest BCUT2D eigenvalue weighted by molar-refractivity contribution is -0.121. The number of amides is 1. The smallest absolute Gasteiger partial charge is 0.221 e. The summed E-state index contributed by atoms with van der Waals surface area (Å²) in [5, 5.41) is 3.00. The molecule has 0 spiro atoms. The number of hydrogen-bond acceptors (Lipinski definition) is 2. The fourth-order valence-electron chi connectivity index (χ4n) is 3.80. The van der Waals surface area contributed by atoms with Crippen molar-refractivity contribution in [2.45, 2.75) is 38.0 Å². The lowest BCUT2D eigenvalue weighted by Gasteiger charge is -2.26. The zero-order chi connectivity index (χ0) is 19.8. The van der Waals surface area contributed by atoms with Crippen LogP contribution in [-0.2, 0) is 4.79 Å². The Morgan fingerprint density at radius 2 is 1.43 bits per heavy atom. The van der Waals surface area contributed by atoms with Crippen LogP contribution in [0.1, 0.15) is 49.1 Å². The molecule has 3 rings (SSSR count). The molecule has 1 saturated heterocycles. The van der Waals surface area contributed by atoms with E-state index in [-0.39, 0.29) is 23.5 Å². The van der Waals surface area contributed by atoms with Gasteiger partial charge in [0.15, 0.2) is 0 Å². The first kappa shape index (κ1) is 20.5. The van der Waals surface area contributed by atoms with Crippen LogP contribution in [0, 0.1) is 11.6 Å². The molecule has 150 valence electrons. The molecule has 1 aliphatic rings. The van der Waals surface area contributed by atoms with Crippen molar-refractivity contribution in [1.29, 1.82) is 0 Å². The Kier molecular flexibility index (Phi) is 7.54. The summed E-state index contributed by atoms with van der Waals surface area (Å²) in [6, 6.07) is 12.7. The topological polar surface area (TPSA) is 32.3 Å². The monoisotopic (exact) mass is 386 g/mol. The van der Waals surface area contributed by atoms with E-state index < -0.39 is 0 Å². The number of halogens is 2. The first-order valence-electron chi connectivity index (χ1n) is 10.1. The van der Waals surface area contributed by atoms with Crippen LogP contribution in [0.2, 0.25) is 0 Å². The van der Waals surface area contributed by atoms with Crippen molar-refractivity contribution < 1.29 is 13.6 Å². The summed E-state index contributed by atoms with van der Waals surface area (Å²) >= 11 is 0. The average Bonchev–Trinajstić information content (AvgIpc) is 2.72. The molecular weight excluding hydrogens is 358 g/mol. The van der Waals surface area contributed by atoms with Crippen LogP contribution >= 0.6 is 0 Å². The van der Waals surface area contributed by atoms with E-state index in [9.17, 15) is 13.6 Å². The van der Waals surface area contributed by atoms with Gasteiger partial charge in [-0.2, -0.15) is 0 Å². The minimum absolute atomic E-state index is 0.0244. The zero-order valence-corrected chi connectivity index (χ0v) is 16.2. The second kappa shape index (κ2) is 10.3. The van der Waals surface area contributed by atoms with E-state index in [1.165, 1.54) is 43.5 Å². The SMILES string of the molecule is O=C(CCN1CCCCC1)NCCC(c1ccc(F)cc1)c1ccc(F)cc1. The van der Waals surface area contributed by atoms with Crippen LogP contribution < -0.4 is 5.32 Å². The number of hydrogen-bond donors (Lipinski definition) is 1. The molecular formula is C23H28F2N2O. The highest BCUT2D eigenvalue weighted by atomic mass is 19.1. The van der Waals surface area contributed by atoms with Crippen LogP contribution in [-0.4, -0.2) is 37.0 Å². The molecule has 2 aromatic rings. The van der Waals surface area contributed by atoms with Gasteiger partial charge in [0.05, 0.1) is 0 Å². The van der Waals surface area contributed by atoms with Crippen molar-refractivity contribution in [2.75, 3.05) is 26.2 Å². The predicted molar refractivity (Wildman–Crippen MR) is 107 cm³/mol. The highest BCUT2D eigenvalue weighted by Crippen LogP contribution is 2.28. The third kappa shape index (κ3) is 6.13. The van der Waals surface area contributed by atoms with Gasteiger partial charge in [-0.15, -0.1) is 0 Å². The van der Waals surface area contributed by atoms with E-state index in [4.69, 9.17) is 0 Å². The van der Waals surface area contributed by atoms with Crippen LogP contribution in [0.3, 0.4) is 0 Å². The molecule has 0 unspecified atom stereocenters. The Labute approximate surface area is 165 Å². The molecule has 0 aromatic heterocycles. The van der Waals surface area contributed by atoms with Crippen molar-refractivity contribution in [3.8, 4) is 0 Å². The number of carbonyl (C=O) groups excluding carboxylic acids is 1. The number of rotatable bonds is 8. The molecule has 2 aromatic carbocycles. The van der Waals surface area contributed by atoms with Crippen molar-refractivity contribution in [1.82, 2.24) is 10.2 Å². The number of likely N-dealkylation sites (tertiary alicyclic amines) is 1. The van der Waals surface area contributed by atoms with E-state index in [0.717, 1.165) is 30.8 Å². The predicted octanol–water partition coefficient (Wildman–Crippen LogP) is 4.48. The zero-order valence-electron chi connectivity index (χ0n) is 16.2.